The van der Waals surface area contributed by atoms with Crippen LogP contribution in [0.4, 0.5) is 5.69 Å². The smallest absolute Gasteiger partial charge is 0.266 e. The molecular formula is C31H29N3O4S. The number of sulfonamides is 1. The number of furan rings is 1. The van der Waals surface area contributed by atoms with Crippen LogP contribution in [0.3, 0.4) is 0 Å². The Hall–Kier alpha value is -4.45. The number of aryl methyl sites for hydroxylation is 3. The summed E-state index contributed by atoms with van der Waals surface area (Å²) in [5.41, 5.74) is 4.35. The van der Waals surface area contributed by atoms with Gasteiger partial charge in [-0.3, -0.25) is 4.79 Å². The van der Waals surface area contributed by atoms with Gasteiger partial charge in [0.1, 0.15) is 23.2 Å². The van der Waals surface area contributed by atoms with Crippen LogP contribution < -0.4 is 5.32 Å². The van der Waals surface area contributed by atoms with Gasteiger partial charge in [0.15, 0.2) is 0 Å². The van der Waals surface area contributed by atoms with Crippen molar-refractivity contribution in [2.24, 2.45) is 0 Å². The molecule has 0 saturated carbocycles. The first-order valence-corrected chi connectivity index (χ1v) is 13.8. The third-order valence-corrected chi connectivity index (χ3v) is 7.92. The monoisotopic (exact) mass is 539 g/mol. The molecule has 1 aromatic heterocycles. The molecule has 4 rings (SSSR count). The number of carbonyl (C=O) groups excluding carboxylic acids is 1. The van der Waals surface area contributed by atoms with E-state index in [1.807, 2.05) is 63.2 Å². The van der Waals surface area contributed by atoms with Crippen molar-refractivity contribution >= 4 is 27.7 Å². The molecular weight excluding hydrogens is 510 g/mol. The molecule has 8 heteroatoms. The molecule has 0 atom stereocenters. The van der Waals surface area contributed by atoms with Crippen LogP contribution in [-0.2, 0) is 27.9 Å². The molecule has 0 saturated heterocycles. The van der Waals surface area contributed by atoms with Crippen LogP contribution in [0.25, 0.3) is 6.08 Å². The van der Waals surface area contributed by atoms with Gasteiger partial charge in [-0.1, -0.05) is 65.2 Å². The number of nitriles is 1. The standard InChI is InChI=1S/C31H29N3O4S/c1-22-4-10-25(11-5-22)20-34(39(36,37)30-16-8-24(3)9-17-30)21-29-15-14-28(38-29)18-26(19-32)31(35)33-27-12-6-23(2)7-13-27/h4-18H,20-21H2,1-3H3,(H,33,35)/b26-18-. The summed E-state index contributed by atoms with van der Waals surface area (Å²) in [6.07, 6.45) is 1.34. The van der Waals surface area contributed by atoms with Gasteiger partial charge >= 0.3 is 0 Å². The lowest BCUT2D eigenvalue weighted by Crippen LogP contribution is -2.30. The second-order valence-corrected chi connectivity index (χ2v) is 11.3. The topological polar surface area (TPSA) is 103 Å². The molecule has 1 heterocycles. The number of amides is 1. The normalized spacial score (nSPS) is 11.8. The van der Waals surface area contributed by atoms with Crippen LogP contribution >= 0.6 is 0 Å². The van der Waals surface area contributed by atoms with E-state index in [1.54, 1.807) is 48.5 Å². The Kier molecular flexibility index (Phi) is 8.45. The number of anilines is 1. The Labute approximate surface area is 229 Å². The summed E-state index contributed by atoms with van der Waals surface area (Å²) >= 11 is 0. The Bertz CT molecular complexity index is 1630. The summed E-state index contributed by atoms with van der Waals surface area (Å²) in [6.45, 7) is 5.92. The molecule has 0 aliphatic heterocycles. The molecule has 198 valence electrons. The highest BCUT2D eigenvalue weighted by Gasteiger charge is 2.26. The molecule has 0 aliphatic rings. The Balaban J connectivity index is 1.57. The molecule has 0 bridgehead atoms. The molecule has 3 aromatic carbocycles. The number of hydrogen-bond acceptors (Lipinski definition) is 5. The molecule has 1 N–H and O–H groups in total. The second-order valence-electron chi connectivity index (χ2n) is 9.37. The minimum atomic E-state index is -3.85. The van der Waals surface area contributed by atoms with Gasteiger partial charge in [-0.2, -0.15) is 9.57 Å². The Morgan fingerprint density at radius 3 is 2.00 bits per heavy atom. The van der Waals surface area contributed by atoms with Gasteiger partial charge < -0.3 is 9.73 Å². The highest BCUT2D eigenvalue weighted by atomic mass is 32.2. The molecule has 0 unspecified atom stereocenters. The van der Waals surface area contributed by atoms with Crippen LogP contribution in [0, 0.1) is 32.1 Å². The van der Waals surface area contributed by atoms with E-state index in [0.717, 1.165) is 22.3 Å². The number of nitrogens with zero attached hydrogens (tertiary/aromatic N) is 2. The maximum Gasteiger partial charge on any atom is 0.266 e. The van der Waals surface area contributed by atoms with E-state index in [4.69, 9.17) is 4.42 Å². The van der Waals surface area contributed by atoms with Crippen molar-refractivity contribution in [2.45, 2.75) is 38.8 Å². The fraction of sp³-hybridized carbons (Fsp3) is 0.161. The molecule has 39 heavy (non-hydrogen) atoms. The van der Waals surface area contributed by atoms with Crippen LogP contribution in [0.5, 0.6) is 0 Å². The Morgan fingerprint density at radius 1 is 0.846 bits per heavy atom. The average molecular weight is 540 g/mol. The van der Waals surface area contributed by atoms with Crippen molar-refractivity contribution in [3.63, 3.8) is 0 Å². The van der Waals surface area contributed by atoms with Crippen molar-refractivity contribution in [1.29, 1.82) is 5.26 Å². The minimum Gasteiger partial charge on any atom is -0.460 e. The van der Waals surface area contributed by atoms with Gasteiger partial charge in [-0.15, -0.1) is 0 Å². The van der Waals surface area contributed by atoms with E-state index in [-0.39, 0.29) is 29.3 Å². The van der Waals surface area contributed by atoms with Crippen LogP contribution in [0.15, 0.2) is 99.8 Å². The molecule has 7 nitrogen and oxygen atoms in total. The van der Waals surface area contributed by atoms with E-state index < -0.39 is 15.9 Å². The van der Waals surface area contributed by atoms with E-state index in [1.165, 1.54) is 10.4 Å². The maximum atomic E-state index is 13.6. The SMILES string of the molecule is Cc1ccc(CN(Cc2ccc(/C=C(/C#N)C(=O)Nc3ccc(C)cc3)o2)S(=O)(=O)c2ccc(C)cc2)cc1. The fourth-order valence-corrected chi connectivity index (χ4v) is 5.23. The summed E-state index contributed by atoms with van der Waals surface area (Å²) in [6, 6.07) is 26.8. The van der Waals surface area contributed by atoms with Gasteiger partial charge in [0.25, 0.3) is 5.91 Å². The first kappa shape index (κ1) is 27.6. The average Bonchev–Trinajstić information content (AvgIpc) is 3.36. The number of carbonyl (C=O) groups is 1. The van der Waals surface area contributed by atoms with Gasteiger partial charge in [0.05, 0.1) is 11.4 Å². The number of hydrogen-bond donors (Lipinski definition) is 1. The zero-order valence-electron chi connectivity index (χ0n) is 22.0. The molecule has 0 fully saturated rings. The van der Waals surface area contributed by atoms with Gasteiger partial charge in [-0.05, 0) is 62.7 Å². The lowest BCUT2D eigenvalue weighted by atomic mass is 10.1. The third kappa shape index (κ3) is 7.11. The second kappa shape index (κ2) is 11.9. The summed E-state index contributed by atoms with van der Waals surface area (Å²) < 4.78 is 34.4. The quantitative estimate of drug-likeness (QED) is 0.203. The third-order valence-electron chi connectivity index (χ3n) is 6.11. The molecule has 4 aromatic rings. The Morgan fingerprint density at radius 2 is 1.41 bits per heavy atom. The van der Waals surface area contributed by atoms with Crippen molar-refractivity contribution in [3.05, 3.63) is 124 Å². The molecule has 1 amide bonds. The van der Waals surface area contributed by atoms with Crippen molar-refractivity contribution in [3.8, 4) is 6.07 Å². The highest BCUT2D eigenvalue weighted by molar-refractivity contribution is 7.89. The van der Waals surface area contributed by atoms with Crippen LogP contribution in [0.2, 0.25) is 0 Å². The zero-order valence-corrected chi connectivity index (χ0v) is 22.8. The summed E-state index contributed by atoms with van der Waals surface area (Å²) in [7, 11) is -3.85. The van der Waals surface area contributed by atoms with E-state index >= 15 is 0 Å². The lowest BCUT2D eigenvalue weighted by Gasteiger charge is -2.21. The van der Waals surface area contributed by atoms with E-state index in [0.29, 0.717) is 11.4 Å². The number of rotatable bonds is 9. The minimum absolute atomic E-state index is 0.0324. The van der Waals surface area contributed by atoms with Gasteiger partial charge in [0, 0.05) is 18.3 Å². The number of benzene rings is 3. The summed E-state index contributed by atoms with van der Waals surface area (Å²) in [5.74, 6) is 0.0751. The zero-order chi connectivity index (χ0) is 28.0. The van der Waals surface area contributed by atoms with Crippen LogP contribution in [0.1, 0.15) is 33.8 Å². The first-order chi connectivity index (χ1) is 18.6. The van der Waals surface area contributed by atoms with Crippen molar-refractivity contribution in [1.82, 2.24) is 4.31 Å². The van der Waals surface area contributed by atoms with Crippen molar-refractivity contribution < 1.29 is 17.6 Å². The van der Waals surface area contributed by atoms with Gasteiger partial charge in [-0.25, -0.2) is 8.42 Å². The predicted molar refractivity (Wildman–Crippen MR) is 151 cm³/mol. The number of nitrogens with one attached hydrogen (secondary N) is 1. The van der Waals surface area contributed by atoms with E-state index in [9.17, 15) is 18.5 Å². The first-order valence-electron chi connectivity index (χ1n) is 12.3. The lowest BCUT2D eigenvalue weighted by molar-refractivity contribution is -0.112. The van der Waals surface area contributed by atoms with Crippen LogP contribution in [-0.4, -0.2) is 18.6 Å². The highest BCUT2D eigenvalue weighted by Crippen LogP contribution is 2.23. The summed E-state index contributed by atoms with van der Waals surface area (Å²) in [5, 5.41) is 12.3. The molecule has 0 aliphatic carbocycles. The van der Waals surface area contributed by atoms with Gasteiger partial charge in [0.2, 0.25) is 10.0 Å². The largest absolute Gasteiger partial charge is 0.460 e. The maximum absolute atomic E-state index is 13.6. The predicted octanol–water partition coefficient (Wildman–Crippen LogP) is 6.14. The molecule has 0 radical (unpaired) electrons. The van der Waals surface area contributed by atoms with E-state index in [2.05, 4.69) is 5.32 Å². The van der Waals surface area contributed by atoms with Crippen molar-refractivity contribution in [2.75, 3.05) is 5.32 Å². The molecule has 0 spiro atoms. The summed E-state index contributed by atoms with van der Waals surface area (Å²) in [4.78, 5) is 12.8. The fourth-order valence-electron chi connectivity index (χ4n) is 3.84.